The SMILES string of the molecule is CC#CCC(C)(C)[C@@H](/C=C/[C@@H]1[C@@H](CC=CCCCC(=O)OC)[C@@H](O)C[C@H]1OC1CCCCO1)OC1CCCCO1. The van der Waals surface area contributed by atoms with Crippen molar-refractivity contribution in [1.29, 1.82) is 0 Å². The van der Waals surface area contributed by atoms with Crippen LogP contribution in [0.1, 0.15) is 97.8 Å². The molecule has 0 amide bonds. The average molecular weight is 561 g/mol. The summed E-state index contributed by atoms with van der Waals surface area (Å²) in [6.45, 7) is 7.71. The number of carbonyl (C=O) groups excluding carboxylic acids is 1. The maximum atomic E-state index is 11.4. The summed E-state index contributed by atoms with van der Waals surface area (Å²) in [6.07, 6.45) is 17.6. The first kappa shape index (κ1) is 32.8. The van der Waals surface area contributed by atoms with Crippen molar-refractivity contribution in [2.75, 3.05) is 20.3 Å². The summed E-state index contributed by atoms with van der Waals surface area (Å²) in [5.74, 6) is 6.13. The maximum absolute atomic E-state index is 11.4. The number of unbranched alkanes of at least 4 members (excludes halogenated alkanes) is 1. The predicted octanol–water partition coefficient (Wildman–Crippen LogP) is 6.09. The first-order valence-electron chi connectivity index (χ1n) is 15.4. The van der Waals surface area contributed by atoms with Crippen LogP contribution in [0.3, 0.4) is 0 Å². The number of carbonyl (C=O) groups is 1. The molecule has 0 radical (unpaired) electrons. The van der Waals surface area contributed by atoms with Crippen LogP contribution in [0.4, 0.5) is 0 Å². The minimum Gasteiger partial charge on any atom is -0.469 e. The zero-order chi connectivity index (χ0) is 28.8. The van der Waals surface area contributed by atoms with E-state index in [0.717, 1.165) is 71.0 Å². The quantitative estimate of drug-likeness (QED) is 0.119. The van der Waals surface area contributed by atoms with Crippen LogP contribution in [0.25, 0.3) is 0 Å². The summed E-state index contributed by atoms with van der Waals surface area (Å²) in [5.41, 5.74) is -0.213. The van der Waals surface area contributed by atoms with Gasteiger partial charge in [0.15, 0.2) is 12.6 Å². The Labute approximate surface area is 242 Å². The molecule has 0 aromatic carbocycles. The molecule has 2 aliphatic heterocycles. The van der Waals surface area contributed by atoms with Gasteiger partial charge in [0.25, 0.3) is 0 Å². The molecule has 0 bridgehead atoms. The predicted molar refractivity (Wildman–Crippen MR) is 155 cm³/mol. The normalized spacial score (nSPS) is 30.3. The van der Waals surface area contributed by atoms with Crippen molar-refractivity contribution in [3.63, 3.8) is 0 Å². The van der Waals surface area contributed by atoms with E-state index in [1.54, 1.807) is 0 Å². The molecule has 3 aliphatic rings. The smallest absolute Gasteiger partial charge is 0.305 e. The number of aliphatic hydroxyl groups excluding tert-OH is 1. The lowest BCUT2D eigenvalue weighted by molar-refractivity contribution is -0.197. The van der Waals surface area contributed by atoms with Crippen molar-refractivity contribution < 1.29 is 33.6 Å². The van der Waals surface area contributed by atoms with Gasteiger partial charge in [-0.05, 0) is 70.6 Å². The standard InChI is InChI=1S/C33H52O7/c1-5-6-21-33(2,3)29(40-32-18-12-14-23-38-32)20-19-26-25(15-9-7-8-10-16-30(35)36-4)27(34)24-28(26)39-31-17-11-13-22-37-31/h7,9,19-20,25-29,31-32,34H,8,10-18,21-24H2,1-4H3/b9-7?,20-19+/t25-,26-,27+,28-,29-,31?,32?/m1/s1. The van der Waals surface area contributed by atoms with Crippen LogP contribution >= 0.6 is 0 Å². The fourth-order valence-electron chi connectivity index (χ4n) is 5.80. The van der Waals surface area contributed by atoms with E-state index in [4.69, 9.17) is 23.7 Å². The van der Waals surface area contributed by atoms with Crippen LogP contribution in [0.2, 0.25) is 0 Å². The van der Waals surface area contributed by atoms with Gasteiger partial charge in [-0.15, -0.1) is 11.8 Å². The molecule has 40 heavy (non-hydrogen) atoms. The third kappa shape index (κ3) is 10.6. The van der Waals surface area contributed by atoms with Crippen LogP contribution in [0.15, 0.2) is 24.3 Å². The number of hydrogen-bond donors (Lipinski definition) is 1. The highest BCUT2D eigenvalue weighted by Gasteiger charge is 2.43. The molecule has 2 saturated heterocycles. The van der Waals surface area contributed by atoms with E-state index in [2.05, 4.69) is 50.0 Å². The highest BCUT2D eigenvalue weighted by Crippen LogP contribution is 2.40. The molecule has 1 aliphatic carbocycles. The van der Waals surface area contributed by atoms with E-state index in [-0.39, 0.29) is 48.0 Å². The van der Waals surface area contributed by atoms with Crippen molar-refractivity contribution in [2.24, 2.45) is 17.3 Å². The Morgan fingerprint density at radius 2 is 1.82 bits per heavy atom. The highest BCUT2D eigenvalue weighted by molar-refractivity contribution is 5.69. The van der Waals surface area contributed by atoms with Gasteiger partial charge in [-0.25, -0.2) is 0 Å². The van der Waals surface area contributed by atoms with Crippen LogP contribution < -0.4 is 0 Å². The maximum Gasteiger partial charge on any atom is 0.305 e. The molecule has 7 atom stereocenters. The molecular weight excluding hydrogens is 508 g/mol. The summed E-state index contributed by atoms with van der Waals surface area (Å²) < 4.78 is 29.6. The Bertz CT molecular complexity index is 858. The molecule has 0 spiro atoms. The zero-order valence-electron chi connectivity index (χ0n) is 25.1. The summed E-state index contributed by atoms with van der Waals surface area (Å²) in [4.78, 5) is 11.4. The van der Waals surface area contributed by atoms with Crippen molar-refractivity contribution in [3.8, 4) is 11.8 Å². The molecule has 226 valence electrons. The molecule has 0 aromatic heterocycles. The number of aliphatic hydroxyl groups is 1. The molecule has 2 heterocycles. The molecule has 3 rings (SSSR count). The highest BCUT2D eigenvalue weighted by atomic mass is 16.7. The molecule has 7 heteroatoms. The van der Waals surface area contributed by atoms with Crippen molar-refractivity contribution in [1.82, 2.24) is 0 Å². The fourth-order valence-corrected chi connectivity index (χ4v) is 5.80. The second-order valence-electron chi connectivity index (χ2n) is 12.0. The van der Waals surface area contributed by atoms with Gasteiger partial charge in [0.05, 0.1) is 25.4 Å². The van der Waals surface area contributed by atoms with E-state index in [1.807, 2.05) is 6.92 Å². The molecule has 2 unspecified atom stereocenters. The molecule has 0 aromatic rings. The summed E-state index contributed by atoms with van der Waals surface area (Å²) in [6, 6.07) is 0. The Balaban J connectivity index is 1.75. The van der Waals surface area contributed by atoms with Crippen molar-refractivity contribution >= 4 is 5.97 Å². The zero-order valence-corrected chi connectivity index (χ0v) is 25.1. The largest absolute Gasteiger partial charge is 0.469 e. The van der Waals surface area contributed by atoms with Crippen LogP contribution in [0, 0.1) is 29.1 Å². The van der Waals surface area contributed by atoms with Gasteiger partial charge in [0, 0.05) is 43.8 Å². The van der Waals surface area contributed by atoms with Gasteiger partial charge in [0.2, 0.25) is 0 Å². The third-order valence-corrected chi connectivity index (χ3v) is 8.35. The monoisotopic (exact) mass is 560 g/mol. The Hall–Kier alpha value is -1.69. The van der Waals surface area contributed by atoms with Gasteiger partial charge in [-0.2, -0.15) is 0 Å². The van der Waals surface area contributed by atoms with Crippen molar-refractivity contribution in [2.45, 2.75) is 129 Å². The van der Waals surface area contributed by atoms with Gasteiger partial charge >= 0.3 is 5.97 Å². The van der Waals surface area contributed by atoms with Gasteiger partial charge in [0.1, 0.15) is 0 Å². The Morgan fingerprint density at radius 3 is 2.48 bits per heavy atom. The van der Waals surface area contributed by atoms with E-state index >= 15 is 0 Å². The Kier molecular flexibility index (Phi) is 14.2. The number of hydrogen-bond acceptors (Lipinski definition) is 7. The second kappa shape index (κ2) is 17.3. The van der Waals surface area contributed by atoms with E-state index in [9.17, 15) is 9.90 Å². The lowest BCUT2D eigenvalue weighted by atomic mass is 9.81. The topological polar surface area (TPSA) is 83.5 Å². The van der Waals surface area contributed by atoms with Crippen LogP contribution in [0.5, 0.6) is 0 Å². The molecule has 1 N–H and O–H groups in total. The fraction of sp³-hybridized carbons (Fsp3) is 0.788. The molecule has 7 nitrogen and oxygen atoms in total. The lowest BCUT2D eigenvalue weighted by Gasteiger charge is -2.35. The number of methoxy groups -OCH3 is 1. The average Bonchev–Trinajstić information content (AvgIpc) is 3.25. The minimum atomic E-state index is -0.469. The van der Waals surface area contributed by atoms with E-state index in [0.29, 0.717) is 19.3 Å². The van der Waals surface area contributed by atoms with Crippen molar-refractivity contribution in [3.05, 3.63) is 24.3 Å². The van der Waals surface area contributed by atoms with Crippen LogP contribution in [-0.2, 0) is 28.5 Å². The molecule has 1 saturated carbocycles. The lowest BCUT2D eigenvalue weighted by Crippen LogP contribution is -2.36. The molecule has 3 fully saturated rings. The number of ether oxygens (including phenoxy) is 5. The minimum absolute atomic E-state index is 0.0201. The Morgan fingerprint density at radius 1 is 1.10 bits per heavy atom. The van der Waals surface area contributed by atoms with E-state index < -0.39 is 6.10 Å². The number of rotatable bonds is 14. The molecular formula is C33H52O7. The second-order valence-corrected chi connectivity index (χ2v) is 12.0. The number of allylic oxidation sites excluding steroid dienone is 2. The number of esters is 1. The summed E-state index contributed by atoms with van der Waals surface area (Å²) in [5, 5.41) is 11.1. The third-order valence-electron chi connectivity index (χ3n) is 8.35. The summed E-state index contributed by atoms with van der Waals surface area (Å²) >= 11 is 0. The summed E-state index contributed by atoms with van der Waals surface area (Å²) in [7, 11) is 1.42. The van der Waals surface area contributed by atoms with Gasteiger partial charge in [-0.3, -0.25) is 4.79 Å². The van der Waals surface area contributed by atoms with E-state index in [1.165, 1.54) is 7.11 Å². The first-order chi connectivity index (χ1) is 19.3. The van der Waals surface area contributed by atoms with Crippen LogP contribution in [-0.4, -0.2) is 62.3 Å². The van der Waals surface area contributed by atoms with Gasteiger partial charge in [-0.1, -0.05) is 38.2 Å². The van der Waals surface area contributed by atoms with Gasteiger partial charge < -0.3 is 28.8 Å². The first-order valence-corrected chi connectivity index (χ1v) is 15.4.